The summed E-state index contributed by atoms with van der Waals surface area (Å²) in [6.45, 7) is 1.82. The van der Waals surface area contributed by atoms with E-state index in [-0.39, 0.29) is 30.0 Å². The van der Waals surface area contributed by atoms with E-state index >= 15 is 0 Å². The number of anilines is 1. The minimum atomic E-state index is -3.69. The highest BCUT2D eigenvalue weighted by molar-refractivity contribution is 7.91. The van der Waals surface area contributed by atoms with Crippen molar-refractivity contribution in [3.8, 4) is 5.75 Å². The van der Waals surface area contributed by atoms with Crippen LogP contribution in [0.15, 0.2) is 46.9 Å². The molecule has 0 saturated carbocycles. The lowest BCUT2D eigenvalue weighted by molar-refractivity contribution is 0.0824. The van der Waals surface area contributed by atoms with Crippen LogP contribution in [0.4, 0.5) is 14.8 Å². The molecule has 37 heavy (non-hydrogen) atoms. The van der Waals surface area contributed by atoms with E-state index in [0.717, 1.165) is 30.0 Å². The zero-order valence-corrected chi connectivity index (χ0v) is 21.2. The van der Waals surface area contributed by atoms with Gasteiger partial charge >= 0.3 is 6.01 Å². The molecule has 2 aromatic carbocycles. The van der Waals surface area contributed by atoms with Gasteiger partial charge < -0.3 is 24.9 Å². The number of aliphatic hydroxyl groups is 1. The quantitative estimate of drug-likeness (QED) is 0.275. The summed E-state index contributed by atoms with van der Waals surface area (Å²) in [4.78, 5) is 16.8. The fourth-order valence-electron chi connectivity index (χ4n) is 3.60. The molecule has 0 unspecified atom stereocenters. The van der Waals surface area contributed by atoms with Crippen LogP contribution in [-0.2, 0) is 23.0 Å². The fraction of sp³-hybridized carbons (Fsp3) is 0.333. The number of aromatic nitrogens is 1. The Bertz CT molecular complexity index is 1330. The molecular weight excluding hydrogens is 510 g/mol. The lowest BCUT2D eigenvalue weighted by Crippen LogP contribution is -2.48. The van der Waals surface area contributed by atoms with Gasteiger partial charge in [-0.1, -0.05) is 12.1 Å². The number of oxazole rings is 1. The Labute approximate surface area is 213 Å². The van der Waals surface area contributed by atoms with Gasteiger partial charge in [-0.25, -0.2) is 21.9 Å². The van der Waals surface area contributed by atoms with Crippen LogP contribution in [0, 0.1) is 18.6 Å². The zero-order valence-electron chi connectivity index (χ0n) is 20.4. The topological polar surface area (TPSA) is 143 Å². The molecule has 0 aliphatic carbocycles. The molecule has 2 atom stereocenters. The predicted octanol–water partition coefficient (Wildman–Crippen LogP) is 2.13. The molecule has 0 aliphatic rings. The second-order valence-corrected chi connectivity index (χ2v) is 10.2. The second kappa shape index (κ2) is 12.1. The standard InChI is InChI=1S/C24H28F2N4O6S/c1-14-22(29-24(36-14)30-37(3,33)34)23(32)28-20(10-16-7-17(25)11-18(26)8-16)21(31)13-27-12-15-5-4-6-19(9-15)35-2/h4-9,11,20-21,27,31H,10,12-13H2,1-3H3,(H,28,32)(H,29,30)/t20-,21+/m0/s1. The van der Waals surface area contributed by atoms with Crippen molar-refractivity contribution in [2.24, 2.45) is 0 Å². The molecule has 1 heterocycles. The first kappa shape index (κ1) is 28.0. The van der Waals surface area contributed by atoms with Gasteiger partial charge in [-0.3, -0.25) is 4.79 Å². The Morgan fingerprint density at radius 3 is 2.51 bits per heavy atom. The number of nitrogens with one attached hydrogen (secondary N) is 3. The number of carbonyl (C=O) groups is 1. The van der Waals surface area contributed by atoms with Gasteiger partial charge in [-0.15, -0.1) is 0 Å². The highest BCUT2D eigenvalue weighted by Gasteiger charge is 2.26. The van der Waals surface area contributed by atoms with E-state index in [1.807, 2.05) is 22.9 Å². The van der Waals surface area contributed by atoms with Crippen LogP contribution < -0.4 is 20.1 Å². The van der Waals surface area contributed by atoms with Crippen LogP contribution in [-0.4, -0.2) is 56.5 Å². The van der Waals surface area contributed by atoms with Crippen molar-refractivity contribution in [1.82, 2.24) is 15.6 Å². The molecule has 3 aromatic rings. The molecule has 3 rings (SSSR count). The molecule has 4 N–H and O–H groups in total. The van der Waals surface area contributed by atoms with Gasteiger partial charge in [-0.2, -0.15) is 4.98 Å². The maximum Gasteiger partial charge on any atom is 0.309 e. The average Bonchev–Trinajstić information content (AvgIpc) is 3.16. The molecule has 13 heteroatoms. The van der Waals surface area contributed by atoms with Crippen LogP contribution in [0.2, 0.25) is 0 Å². The van der Waals surface area contributed by atoms with Crippen LogP contribution >= 0.6 is 0 Å². The predicted molar refractivity (Wildman–Crippen MR) is 132 cm³/mol. The summed E-state index contributed by atoms with van der Waals surface area (Å²) >= 11 is 0. The molecule has 0 saturated heterocycles. The summed E-state index contributed by atoms with van der Waals surface area (Å²) in [5.74, 6) is -1.66. The normalized spacial score (nSPS) is 13.1. The fourth-order valence-corrected chi connectivity index (χ4v) is 4.01. The van der Waals surface area contributed by atoms with E-state index in [4.69, 9.17) is 9.15 Å². The van der Waals surface area contributed by atoms with E-state index in [2.05, 4.69) is 15.6 Å². The molecule has 0 radical (unpaired) electrons. The summed E-state index contributed by atoms with van der Waals surface area (Å²) in [6, 6.07) is 8.85. The van der Waals surface area contributed by atoms with Crippen molar-refractivity contribution in [2.75, 3.05) is 24.6 Å². The lowest BCUT2D eigenvalue weighted by Gasteiger charge is -2.24. The SMILES string of the molecule is COc1cccc(CNC[C@@H](O)[C@H](Cc2cc(F)cc(F)c2)NC(=O)c2nc(NS(C)(=O)=O)oc2C)c1. The van der Waals surface area contributed by atoms with E-state index in [9.17, 15) is 27.1 Å². The number of amides is 1. The van der Waals surface area contributed by atoms with Crippen molar-refractivity contribution >= 4 is 21.9 Å². The number of aryl methyl sites for hydroxylation is 1. The third kappa shape index (κ3) is 8.51. The van der Waals surface area contributed by atoms with E-state index < -0.39 is 45.7 Å². The Kier molecular flexibility index (Phi) is 9.18. The molecule has 200 valence electrons. The average molecular weight is 539 g/mol. The van der Waals surface area contributed by atoms with Crippen molar-refractivity contribution in [3.63, 3.8) is 0 Å². The minimum Gasteiger partial charge on any atom is -0.497 e. The summed E-state index contributed by atoms with van der Waals surface area (Å²) in [5.41, 5.74) is 0.896. The van der Waals surface area contributed by atoms with Gasteiger partial charge in [0.25, 0.3) is 5.91 Å². The maximum absolute atomic E-state index is 13.8. The molecular formula is C24H28F2N4O6S. The van der Waals surface area contributed by atoms with Crippen molar-refractivity contribution in [3.05, 3.63) is 76.7 Å². The highest BCUT2D eigenvalue weighted by atomic mass is 32.2. The monoisotopic (exact) mass is 538 g/mol. The smallest absolute Gasteiger partial charge is 0.309 e. The van der Waals surface area contributed by atoms with Crippen LogP contribution in [0.1, 0.15) is 27.4 Å². The Hall–Kier alpha value is -3.55. The first-order valence-electron chi connectivity index (χ1n) is 11.2. The lowest BCUT2D eigenvalue weighted by atomic mass is 10.00. The number of aliphatic hydroxyl groups excluding tert-OH is 1. The molecule has 0 spiro atoms. The number of benzene rings is 2. The van der Waals surface area contributed by atoms with Crippen LogP contribution in [0.25, 0.3) is 0 Å². The number of hydrogen-bond acceptors (Lipinski definition) is 8. The second-order valence-electron chi connectivity index (χ2n) is 8.41. The number of sulfonamides is 1. The minimum absolute atomic E-state index is 0.0264. The van der Waals surface area contributed by atoms with Crippen molar-refractivity contribution < 1.29 is 36.3 Å². The summed E-state index contributed by atoms with van der Waals surface area (Å²) in [7, 11) is -2.14. The van der Waals surface area contributed by atoms with Gasteiger partial charge in [-0.05, 0) is 48.7 Å². The first-order chi connectivity index (χ1) is 17.4. The number of rotatable bonds is 12. The van der Waals surface area contributed by atoms with Crippen molar-refractivity contribution in [2.45, 2.75) is 32.0 Å². The van der Waals surface area contributed by atoms with Crippen LogP contribution in [0.5, 0.6) is 5.75 Å². The van der Waals surface area contributed by atoms with Gasteiger partial charge in [0.05, 0.1) is 25.5 Å². The van der Waals surface area contributed by atoms with E-state index in [0.29, 0.717) is 12.3 Å². The number of ether oxygens (including phenoxy) is 1. The molecule has 10 nitrogen and oxygen atoms in total. The van der Waals surface area contributed by atoms with Gasteiger partial charge in [0.15, 0.2) is 5.69 Å². The highest BCUT2D eigenvalue weighted by Crippen LogP contribution is 2.17. The van der Waals surface area contributed by atoms with E-state index in [1.165, 1.54) is 6.92 Å². The largest absolute Gasteiger partial charge is 0.497 e. The zero-order chi connectivity index (χ0) is 27.2. The third-order valence-corrected chi connectivity index (χ3v) is 5.81. The van der Waals surface area contributed by atoms with E-state index in [1.54, 1.807) is 13.2 Å². The summed E-state index contributed by atoms with van der Waals surface area (Å²) in [5, 5.41) is 16.6. The Morgan fingerprint density at radius 2 is 1.86 bits per heavy atom. The number of carbonyl (C=O) groups excluding carboxylic acids is 1. The Morgan fingerprint density at radius 1 is 1.16 bits per heavy atom. The number of nitrogens with zero attached hydrogens (tertiary/aromatic N) is 1. The molecule has 0 bridgehead atoms. The number of hydrogen-bond donors (Lipinski definition) is 4. The molecule has 0 aliphatic heterocycles. The van der Waals surface area contributed by atoms with Gasteiger partial charge in [0.2, 0.25) is 10.0 Å². The molecule has 0 fully saturated rings. The van der Waals surface area contributed by atoms with Crippen LogP contribution in [0.3, 0.4) is 0 Å². The number of halogens is 2. The van der Waals surface area contributed by atoms with Crippen molar-refractivity contribution in [1.29, 1.82) is 0 Å². The first-order valence-corrected chi connectivity index (χ1v) is 13.1. The number of methoxy groups -OCH3 is 1. The van der Waals surface area contributed by atoms with Gasteiger partial charge in [0, 0.05) is 19.2 Å². The Balaban J connectivity index is 1.75. The summed E-state index contributed by atoms with van der Waals surface area (Å²) < 4.78 is 62.8. The van der Waals surface area contributed by atoms with Gasteiger partial charge in [0.1, 0.15) is 23.1 Å². The maximum atomic E-state index is 13.8. The summed E-state index contributed by atoms with van der Waals surface area (Å²) in [6.07, 6.45) is -0.384. The third-order valence-electron chi connectivity index (χ3n) is 5.26. The molecule has 1 amide bonds. The molecule has 1 aromatic heterocycles.